The van der Waals surface area contributed by atoms with Gasteiger partial charge in [-0.05, 0) is 80.7 Å². The second-order valence-corrected chi connectivity index (χ2v) is 16.5. The molecule has 15 heteroatoms. The molecule has 5 aliphatic rings. The Bertz CT molecular complexity index is 1790. The van der Waals surface area contributed by atoms with Crippen LogP contribution >= 0.6 is 0 Å². The normalized spacial score (nSPS) is 20.7. The number of aryl methyl sites for hydroxylation is 2. The second-order valence-electron chi connectivity index (χ2n) is 16.5. The first-order valence-electron chi connectivity index (χ1n) is 21.1. The Morgan fingerprint density at radius 2 is 1.52 bits per heavy atom. The van der Waals surface area contributed by atoms with E-state index in [2.05, 4.69) is 15.1 Å². The van der Waals surface area contributed by atoms with Crippen molar-refractivity contribution in [3.63, 3.8) is 0 Å². The van der Waals surface area contributed by atoms with Crippen LogP contribution in [0.5, 0.6) is 5.75 Å². The van der Waals surface area contributed by atoms with Gasteiger partial charge in [-0.1, -0.05) is 30.3 Å². The number of phenols is 1. The number of para-hydroxylation sites is 1. The molecule has 2 aromatic carbocycles. The van der Waals surface area contributed by atoms with Crippen LogP contribution < -0.4 is 5.32 Å². The van der Waals surface area contributed by atoms with E-state index in [1.54, 1.807) is 14.7 Å². The molecule has 0 spiro atoms. The maximum absolute atomic E-state index is 14.2. The number of piperazine rings is 1. The largest absolute Gasteiger partial charge is 0.507 e. The standard InChI is InChI=1S/C43H59N7O8/c1-30-26-32(27-31(2)40(30)53)28-37(58-43(56)49-17-12-35(13-18-49)50-19-9-33-6-3-4-7-36(33)44-42(50)55)41(54)48-22-20-46(21-23-48)34-10-15-45(16-11-34)29-39(52)57-25-24-47-14-5-8-38(47)51/h3-4,6-7,26-27,34-35,37,53H,5,8-25,28-29H2,1-2H3,(H,44,55)/t37-/m1/s1. The van der Waals surface area contributed by atoms with Crippen LogP contribution in [0.15, 0.2) is 36.4 Å². The zero-order valence-corrected chi connectivity index (χ0v) is 34.0. The summed E-state index contributed by atoms with van der Waals surface area (Å²) in [6, 6.07) is 11.7. The molecule has 0 aromatic heterocycles. The summed E-state index contributed by atoms with van der Waals surface area (Å²) in [6.45, 7) is 10.7. The van der Waals surface area contributed by atoms with Crippen molar-refractivity contribution in [2.75, 3.05) is 90.5 Å². The summed E-state index contributed by atoms with van der Waals surface area (Å²) in [7, 11) is 0. The SMILES string of the molecule is Cc1cc(C[C@@H](OC(=O)N2CCC(N3CCc4ccccc4NC3=O)CC2)C(=O)N2CCN(C3CCN(CC(=O)OCCN4CCCC4=O)CC3)CC2)cc(C)c1O. The van der Waals surface area contributed by atoms with E-state index >= 15 is 0 Å². The first-order chi connectivity index (χ1) is 28.0. The summed E-state index contributed by atoms with van der Waals surface area (Å²) in [5.41, 5.74) is 4.15. The van der Waals surface area contributed by atoms with Gasteiger partial charge in [0.1, 0.15) is 12.4 Å². The lowest BCUT2D eigenvalue weighted by atomic mass is 10.00. The van der Waals surface area contributed by atoms with Crippen LogP contribution in [-0.4, -0.2) is 168 Å². The molecule has 1 atom stereocenters. The fourth-order valence-corrected chi connectivity index (χ4v) is 9.24. The summed E-state index contributed by atoms with van der Waals surface area (Å²) in [4.78, 5) is 77.0. The van der Waals surface area contributed by atoms with Gasteiger partial charge in [0, 0.05) is 96.1 Å². The Balaban J connectivity index is 0.895. The summed E-state index contributed by atoms with van der Waals surface area (Å²) in [5.74, 6) is -0.151. The molecular formula is C43H59N7O8. The highest BCUT2D eigenvalue weighted by molar-refractivity contribution is 5.91. The van der Waals surface area contributed by atoms with Crippen LogP contribution in [0, 0.1) is 13.8 Å². The first-order valence-corrected chi connectivity index (χ1v) is 21.1. The summed E-state index contributed by atoms with van der Waals surface area (Å²) in [5, 5.41) is 13.5. The predicted octanol–water partition coefficient (Wildman–Crippen LogP) is 3.39. The lowest BCUT2D eigenvalue weighted by Crippen LogP contribution is -2.57. The number of urea groups is 1. The minimum absolute atomic E-state index is 0.0118. The number of ether oxygens (including phenoxy) is 2. The van der Waals surface area contributed by atoms with Crippen LogP contribution in [0.4, 0.5) is 15.3 Å². The fourth-order valence-electron chi connectivity index (χ4n) is 9.24. The van der Waals surface area contributed by atoms with Crippen LogP contribution in [0.1, 0.15) is 60.8 Å². The highest BCUT2D eigenvalue weighted by Gasteiger charge is 2.37. The summed E-state index contributed by atoms with van der Waals surface area (Å²) in [6.07, 6.45) is 3.87. The molecule has 314 valence electrons. The number of piperidine rings is 2. The van der Waals surface area contributed by atoms with Crippen LogP contribution in [0.25, 0.3) is 0 Å². The van der Waals surface area contributed by atoms with Gasteiger partial charge < -0.3 is 39.5 Å². The van der Waals surface area contributed by atoms with Gasteiger partial charge in [0.2, 0.25) is 5.91 Å². The van der Waals surface area contributed by atoms with Gasteiger partial charge in [-0.3, -0.25) is 24.2 Å². The molecule has 5 heterocycles. The molecule has 15 nitrogen and oxygen atoms in total. The van der Waals surface area contributed by atoms with Gasteiger partial charge in [-0.25, -0.2) is 9.59 Å². The zero-order chi connectivity index (χ0) is 40.8. The monoisotopic (exact) mass is 801 g/mol. The van der Waals surface area contributed by atoms with E-state index in [4.69, 9.17) is 9.47 Å². The molecule has 0 bridgehead atoms. The van der Waals surface area contributed by atoms with Crippen molar-refractivity contribution < 1.29 is 38.6 Å². The molecule has 5 amide bonds. The number of nitrogens with one attached hydrogen (secondary N) is 1. The van der Waals surface area contributed by atoms with Gasteiger partial charge in [0.25, 0.3) is 5.91 Å². The number of benzene rings is 2. The van der Waals surface area contributed by atoms with E-state index in [0.717, 1.165) is 62.1 Å². The van der Waals surface area contributed by atoms with E-state index in [1.165, 1.54) is 0 Å². The van der Waals surface area contributed by atoms with Gasteiger partial charge in [0.05, 0.1) is 13.1 Å². The minimum Gasteiger partial charge on any atom is -0.507 e. The number of esters is 1. The third-order valence-corrected chi connectivity index (χ3v) is 12.6. The Hall–Kier alpha value is -4.89. The van der Waals surface area contributed by atoms with E-state index < -0.39 is 12.2 Å². The quantitative estimate of drug-likeness (QED) is 0.324. The van der Waals surface area contributed by atoms with Crippen molar-refractivity contribution in [1.82, 2.24) is 29.4 Å². The number of aromatic hydroxyl groups is 1. The minimum atomic E-state index is -1.03. The van der Waals surface area contributed by atoms with Gasteiger partial charge in [0.15, 0.2) is 6.10 Å². The van der Waals surface area contributed by atoms with E-state index in [9.17, 15) is 29.1 Å². The average molecular weight is 802 g/mol. The number of likely N-dealkylation sites (tertiary alicyclic amines) is 3. The predicted molar refractivity (Wildman–Crippen MR) is 216 cm³/mol. The number of carbonyl (C=O) groups excluding carboxylic acids is 5. The van der Waals surface area contributed by atoms with Crippen LogP contribution in [-0.2, 0) is 36.7 Å². The first kappa shape index (κ1) is 41.3. The summed E-state index contributed by atoms with van der Waals surface area (Å²) < 4.78 is 11.5. The number of nitrogens with zero attached hydrogens (tertiary/aromatic N) is 6. The van der Waals surface area contributed by atoms with Crippen molar-refractivity contribution in [1.29, 1.82) is 0 Å². The molecule has 0 saturated carbocycles. The van der Waals surface area contributed by atoms with Gasteiger partial charge in [-0.15, -0.1) is 0 Å². The Morgan fingerprint density at radius 3 is 2.21 bits per heavy atom. The molecule has 4 saturated heterocycles. The second kappa shape index (κ2) is 18.8. The van der Waals surface area contributed by atoms with Crippen molar-refractivity contribution in [2.45, 2.75) is 83.4 Å². The average Bonchev–Trinajstić information content (AvgIpc) is 3.55. The van der Waals surface area contributed by atoms with Crippen molar-refractivity contribution in [2.24, 2.45) is 0 Å². The number of hydrogen-bond donors (Lipinski definition) is 2. The maximum atomic E-state index is 14.2. The molecule has 2 aromatic rings. The Labute approximate surface area is 341 Å². The third kappa shape index (κ3) is 10.0. The topological polar surface area (TPSA) is 156 Å². The van der Waals surface area contributed by atoms with E-state index in [-0.39, 0.29) is 55.2 Å². The van der Waals surface area contributed by atoms with Crippen molar-refractivity contribution in [3.05, 3.63) is 58.7 Å². The van der Waals surface area contributed by atoms with Gasteiger partial charge in [-0.2, -0.15) is 0 Å². The molecule has 58 heavy (non-hydrogen) atoms. The maximum Gasteiger partial charge on any atom is 0.410 e. The smallest absolute Gasteiger partial charge is 0.410 e. The van der Waals surface area contributed by atoms with Gasteiger partial charge >= 0.3 is 18.1 Å². The number of fused-ring (bicyclic) bond motifs is 1. The Kier molecular flexibility index (Phi) is 13.4. The zero-order valence-electron chi connectivity index (χ0n) is 34.0. The van der Waals surface area contributed by atoms with Crippen LogP contribution in [0.2, 0.25) is 0 Å². The van der Waals surface area contributed by atoms with E-state index in [0.29, 0.717) is 88.8 Å². The lowest BCUT2D eigenvalue weighted by molar-refractivity contribution is -0.147. The number of amides is 5. The number of phenolic OH excluding ortho intramolecular Hbond substituents is 1. The van der Waals surface area contributed by atoms with Crippen molar-refractivity contribution >= 4 is 35.6 Å². The molecule has 7 rings (SSSR count). The molecule has 2 N–H and O–H groups in total. The highest BCUT2D eigenvalue weighted by Crippen LogP contribution is 2.27. The van der Waals surface area contributed by atoms with Crippen LogP contribution in [0.3, 0.4) is 0 Å². The number of rotatable bonds is 11. The molecule has 5 aliphatic heterocycles. The highest BCUT2D eigenvalue weighted by atomic mass is 16.6. The van der Waals surface area contributed by atoms with Crippen molar-refractivity contribution in [3.8, 4) is 5.75 Å². The molecule has 4 fully saturated rings. The number of anilines is 1. The molecular weight excluding hydrogens is 743 g/mol. The molecule has 0 aliphatic carbocycles. The lowest BCUT2D eigenvalue weighted by Gasteiger charge is -2.43. The molecule has 0 radical (unpaired) electrons. The number of hydrogen-bond acceptors (Lipinski definition) is 10. The molecule has 0 unspecified atom stereocenters. The summed E-state index contributed by atoms with van der Waals surface area (Å²) >= 11 is 0. The van der Waals surface area contributed by atoms with E-state index in [1.807, 2.05) is 55.1 Å². The third-order valence-electron chi connectivity index (χ3n) is 12.6. The fraction of sp³-hybridized carbons (Fsp3) is 0.605. The Morgan fingerprint density at radius 1 is 0.828 bits per heavy atom. The number of carbonyl (C=O) groups is 5.